The number of nitrogens with one attached hydrogen (secondary N) is 1. The Kier molecular flexibility index (Phi) is 3.72. The predicted molar refractivity (Wildman–Crippen MR) is 97.9 cm³/mol. The fourth-order valence-electron chi connectivity index (χ4n) is 3.29. The van der Waals surface area contributed by atoms with Crippen LogP contribution in [0.5, 0.6) is 0 Å². The third-order valence-corrected chi connectivity index (χ3v) is 4.62. The molecule has 0 aliphatic rings. The van der Waals surface area contributed by atoms with Gasteiger partial charge in [0.25, 0.3) is 5.56 Å². The van der Waals surface area contributed by atoms with Gasteiger partial charge in [0.2, 0.25) is 0 Å². The van der Waals surface area contributed by atoms with Gasteiger partial charge in [-0.25, -0.2) is 9.78 Å². The average molecular weight is 334 g/mol. The second kappa shape index (κ2) is 6.05. The highest BCUT2D eigenvalue weighted by Gasteiger charge is 2.11. The summed E-state index contributed by atoms with van der Waals surface area (Å²) in [5, 5.41) is 1.18. The molecule has 1 aromatic carbocycles. The first-order valence-corrected chi connectivity index (χ1v) is 8.26. The smallest absolute Gasteiger partial charge is 0.331 e. The maximum Gasteiger partial charge on any atom is 0.331 e. The van der Waals surface area contributed by atoms with Gasteiger partial charge >= 0.3 is 5.69 Å². The number of aromatic amines is 1. The van der Waals surface area contributed by atoms with Gasteiger partial charge in [-0.15, -0.1) is 0 Å². The van der Waals surface area contributed by atoms with Crippen LogP contribution in [0.15, 0.2) is 58.4 Å². The molecule has 0 amide bonds. The number of rotatable bonds is 4. The van der Waals surface area contributed by atoms with Crippen LogP contribution in [-0.2, 0) is 20.0 Å². The van der Waals surface area contributed by atoms with Gasteiger partial charge in [0.15, 0.2) is 5.52 Å². The molecule has 0 radical (unpaired) electrons. The summed E-state index contributed by atoms with van der Waals surface area (Å²) in [5.74, 6) is 0. The number of pyridine rings is 1. The molecule has 0 saturated carbocycles. The van der Waals surface area contributed by atoms with Crippen molar-refractivity contribution >= 4 is 21.9 Å². The molecule has 25 heavy (non-hydrogen) atoms. The van der Waals surface area contributed by atoms with E-state index in [0.29, 0.717) is 24.0 Å². The summed E-state index contributed by atoms with van der Waals surface area (Å²) in [6.45, 7) is 0.373. The summed E-state index contributed by atoms with van der Waals surface area (Å²) in [4.78, 5) is 32.5. The maximum absolute atomic E-state index is 12.6. The highest BCUT2D eigenvalue weighted by atomic mass is 16.2. The molecule has 0 aliphatic heterocycles. The lowest BCUT2D eigenvalue weighted by Crippen LogP contribution is -2.39. The molecule has 0 saturated heterocycles. The molecule has 4 aromatic rings. The standard InChI is InChI=1S/C19H18N4O2/c1-22-16-9-4-10-20-17(16)18(24)23(19(22)25)11-5-6-13-12-21-15-8-3-2-7-14(13)15/h2-4,7-10,12,21H,5-6,11H2,1H3. The summed E-state index contributed by atoms with van der Waals surface area (Å²) in [5.41, 5.74) is 2.56. The van der Waals surface area contributed by atoms with E-state index in [1.807, 2.05) is 24.4 Å². The summed E-state index contributed by atoms with van der Waals surface area (Å²) in [7, 11) is 1.67. The number of hydrogen-bond acceptors (Lipinski definition) is 3. The van der Waals surface area contributed by atoms with Gasteiger partial charge < -0.3 is 4.98 Å². The number of fused-ring (bicyclic) bond motifs is 2. The summed E-state index contributed by atoms with van der Waals surface area (Å²) in [6, 6.07) is 11.6. The van der Waals surface area contributed by atoms with Crippen molar-refractivity contribution in [1.29, 1.82) is 0 Å². The molecule has 6 nitrogen and oxygen atoms in total. The van der Waals surface area contributed by atoms with Crippen molar-refractivity contribution < 1.29 is 0 Å². The Bertz CT molecular complexity index is 1180. The number of aryl methyl sites for hydroxylation is 2. The first-order valence-electron chi connectivity index (χ1n) is 8.26. The van der Waals surface area contributed by atoms with E-state index in [-0.39, 0.29) is 11.2 Å². The molecule has 0 bridgehead atoms. The maximum atomic E-state index is 12.6. The molecule has 3 aromatic heterocycles. The van der Waals surface area contributed by atoms with E-state index < -0.39 is 0 Å². The predicted octanol–water partition coefficient (Wildman–Crippen LogP) is 2.21. The molecule has 126 valence electrons. The minimum atomic E-state index is -0.322. The Morgan fingerprint density at radius 3 is 2.84 bits per heavy atom. The Morgan fingerprint density at radius 1 is 1.12 bits per heavy atom. The summed E-state index contributed by atoms with van der Waals surface area (Å²) >= 11 is 0. The van der Waals surface area contributed by atoms with E-state index in [1.54, 1.807) is 25.4 Å². The minimum Gasteiger partial charge on any atom is -0.361 e. The summed E-state index contributed by atoms with van der Waals surface area (Å²) < 4.78 is 2.76. The van der Waals surface area contributed by atoms with Crippen LogP contribution in [0.4, 0.5) is 0 Å². The third kappa shape index (κ3) is 2.55. The molecule has 0 fully saturated rings. The molecule has 0 aliphatic carbocycles. The van der Waals surface area contributed by atoms with E-state index in [0.717, 1.165) is 11.9 Å². The van der Waals surface area contributed by atoms with Gasteiger partial charge in [-0.05, 0) is 36.6 Å². The largest absolute Gasteiger partial charge is 0.361 e. The van der Waals surface area contributed by atoms with Gasteiger partial charge in [0.05, 0.1) is 5.52 Å². The Labute approximate surface area is 143 Å². The van der Waals surface area contributed by atoms with Crippen molar-refractivity contribution in [3.8, 4) is 0 Å². The normalized spacial score (nSPS) is 11.4. The quantitative estimate of drug-likeness (QED) is 0.622. The molecule has 4 rings (SSSR count). The van der Waals surface area contributed by atoms with Gasteiger partial charge in [0.1, 0.15) is 0 Å². The highest BCUT2D eigenvalue weighted by molar-refractivity contribution is 5.83. The minimum absolute atomic E-state index is 0.301. The molecule has 0 atom stereocenters. The third-order valence-electron chi connectivity index (χ3n) is 4.62. The van der Waals surface area contributed by atoms with E-state index in [4.69, 9.17) is 0 Å². The lowest BCUT2D eigenvalue weighted by atomic mass is 10.1. The van der Waals surface area contributed by atoms with Crippen molar-refractivity contribution in [2.45, 2.75) is 19.4 Å². The number of para-hydroxylation sites is 1. The van der Waals surface area contributed by atoms with Crippen molar-refractivity contribution in [2.24, 2.45) is 7.05 Å². The summed E-state index contributed by atoms with van der Waals surface area (Å²) in [6.07, 6.45) is 5.06. The first-order chi connectivity index (χ1) is 12.2. The number of hydrogen-bond donors (Lipinski definition) is 1. The molecule has 3 heterocycles. The average Bonchev–Trinajstić information content (AvgIpc) is 3.06. The first kappa shape index (κ1) is 15.4. The van der Waals surface area contributed by atoms with Crippen molar-refractivity contribution in [1.82, 2.24) is 19.1 Å². The van der Waals surface area contributed by atoms with Crippen LogP contribution >= 0.6 is 0 Å². The monoisotopic (exact) mass is 334 g/mol. The Balaban J connectivity index is 1.63. The van der Waals surface area contributed by atoms with Crippen LogP contribution in [0.2, 0.25) is 0 Å². The van der Waals surface area contributed by atoms with E-state index >= 15 is 0 Å². The zero-order valence-corrected chi connectivity index (χ0v) is 13.9. The van der Waals surface area contributed by atoms with E-state index in [1.165, 1.54) is 20.1 Å². The zero-order chi connectivity index (χ0) is 17.4. The van der Waals surface area contributed by atoms with Crippen molar-refractivity contribution in [3.05, 3.63) is 75.2 Å². The lowest BCUT2D eigenvalue weighted by molar-refractivity contribution is 0.574. The molecule has 0 spiro atoms. The second-order valence-corrected chi connectivity index (χ2v) is 6.13. The molecular weight excluding hydrogens is 316 g/mol. The van der Waals surface area contributed by atoms with Crippen LogP contribution in [0.25, 0.3) is 21.9 Å². The highest BCUT2D eigenvalue weighted by Crippen LogP contribution is 2.19. The SMILES string of the molecule is Cn1c(=O)n(CCCc2c[nH]c3ccccc23)c(=O)c2ncccc21. The van der Waals surface area contributed by atoms with Gasteiger partial charge in [-0.1, -0.05) is 18.2 Å². The topological polar surface area (TPSA) is 72.7 Å². The number of nitrogens with zero attached hydrogens (tertiary/aromatic N) is 3. The van der Waals surface area contributed by atoms with Crippen LogP contribution in [0.3, 0.4) is 0 Å². The van der Waals surface area contributed by atoms with Crippen LogP contribution in [0.1, 0.15) is 12.0 Å². The van der Waals surface area contributed by atoms with Gasteiger partial charge in [-0.2, -0.15) is 0 Å². The fraction of sp³-hybridized carbons (Fsp3) is 0.211. The van der Waals surface area contributed by atoms with Crippen LogP contribution in [0, 0.1) is 0 Å². The van der Waals surface area contributed by atoms with Crippen LogP contribution < -0.4 is 11.2 Å². The lowest BCUT2D eigenvalue weighted by Gasteiger charge is -2.09. The van der Waals surface area contributed by atoms with Crippen LogP contribution in [-0.4, -0.2) is 19.1 Å². The molecule has 1 N–H and O–H groups in total. The number of benzene rings is 1. The molecular formula is C19H18N4O2. The Hall–Kier alpha value is -3.15. The number of H-pyrrole nitrogens is 1. The van der Waals surface area contributed by atoms with Gasteiger partial charge in [0, 0.05) is 36.9 Å². The van der Waals surface area contributed by atoms with Crippen molar-refractivity contribution in [2.75, 3.05) is 0 Å². The van der Waals surface area contributed by atoms with Crippen molar-refractivity contribution in [3.63, 3.8) is 0 Å². The van der Waals surface area contributed by atoms with E-state index in [2.05, 4.69) is 16.0 Å². The second-order valence-electron chi connectivity index (χ2n) is 6.13. The zero-order valence-electron chi connectivity index (χ0n) is 13.9. The molecule has 0 unspecified atom stereocenters. The number of aromatic nitrogens is 4. The Morgan fingerprint density at radius 2 is 1.96 bits per heavy atom. The van der Waals surface area contributed by atoms with E-state index in [9.17, 15) is 9.59 Å². The molecule has 6 heteroatoms. The fourth-order valence-corrected chi connectivity index (χ4v) is 3.29. The van der Waals surface area contributed by atoms with Gasteiger partial charge in [-0.3, -0.25) is 13.9 Å².